The van der Waals surface area contributed by atoms with E-state index >= 15 is 0 Å². The van der Waals surface area contributed by atoms with Gasteiger partial charge in [-0.15, -0.1) is 0 Å². The highest BCUT2D eigenvalue weighted by atomic mass is 19.1. The summed E-state index contributed by atoms with van der Waals surface area (Å²) in [6.07, 6.45) is -0.127. The van der Waals surface area contributed by atoms with E-state index in [4.69, 9.17) is 19.5 Å². The van der Waals surface area contributed by atoms with E-state index in [0.29, 0.717) is 0 Å². The molecule has 0 bridgehead atoms. The molecule has 0 spiro atoms. The second-order valence-corrected chi connectivity index (χ2v) is 3.56. The molecule has 0 fully saturated rings. The standard InChI is InChI=1S/C10H14BFO4/c1-6(2)16-10-5-8(12)7(11(13)14)4-9(10)15-3/h4-6,13-14H,1-3H3. The highest BCUT2D eigenvalue weighted by Gasteiger charge is 2.20. The first-order chi connectivity index (χ1) is 7.45. The number of hydrogen-bond donors (Lipinski definition) is 2. The molecule has 16 heavy (non-hydrogen) atoms. The Morgan fingerprint density at radius 1 is 1.25 bits per heavy atom. The van der Waals surface area contributed by atoms with Crippen molar-refractivity contribution < 1.29 is 23.9 Å². The van der Waals surface area contributed by atoms with Gasteiger partial charge in [0.25, 0.3) is 0 Å². The van der Waals surface area contributed by atoms with Crippen molar-refractivity contribution in [3.8, 4) is 11.5 Å². The molecule has 4 nitrogen and oxygen atoms in total. The van der Waals surface area contributed by atoms with Crippen LogP contribution in [0.2, 0.25) is 0 Å². The zero-order valence-corrected chi connectivity index (χ0v) is 9.40. The van der Waals surface area contributed by atoms with E-state index in [9.17, 15) is 4.39 Å². The molecule has 0 aliphatic heterocycles. The molecule has 1 aromatic rings. The summed E-state index contributed by atoms with van der Waals surface area (Å²) in [6.45, 7) is 3.60. The third kappa shape index (κ3) is 2.87. The number of benzene rings is 1. The van der Waals surface area contributed by atoms with Gasteiger partial charge in [-0.25, -0.2) is 4.39 Å². The minimum Gasteiger partial charge on any atom is -0.493 e. The first-order valence-electron chi connectivity index (χ1n) is 4.86. The molecule has 88 valence electrons. The maximum Gasteiger partial charge on any atom is 0.491 e. The van der Waals surface area contributed by atoms with Gasteiger partial charge in [0, 0.05) is 11.5 Å². The molecule has 0 saturated heterocycles. The fourth-order valence-electron chi connectivity index (χ4n) is 1.25. The van der Waals surface area contributed by atoms with Gasteiger partial charge in [-0.05, 0) is 19.9 Å². The summed E-state index contributed by atoms with van der Waals surface area (Å²) in [7, 11) is -0.476. The first-order valence-corrected chi connectivity index (χ1v) is 4.86. The Morgan fingerprint density at radius 2 is 1.88 bits per heavy atom. The van der Waals surface area contributed by atoms with Gasteiger partial charge in [-0.3, -0.25) is 0 Å². The number of ether oxygens (including phenoxy) is 2. The van der Waals surface area contributed by atoms with Gasteiger partial charge in [-0.1, -0.05) is 0 Å². The molecule has 0 aliphatic carbocycles. The molecule has 6 heteroatoms. The van der Waals surface area contributed by atoms with E-state index in [1.165, 1.54) is 13.2 Å². The average molecular weight is 228 g/mol. The summed E-state index contributed by atoms with van der Waals surface area (Å²) in [5.41, 5.74) is -0.243. The Kier molecular flexibility index (Phi) is 4.15. The van der Waals surface area contributed by atoms with Crippen LogP contribution in [0.25, 0.3) is 0 Å². The lowest BCUT2D eigenvalue weighted by Gasteiger charge is -2.15. The molecule has 0 aromatic heterocycles. The summed E-state index contributed by atoms with van der Waals surface area (Å²) in [5.74, 6) is -0.246. The Labute approximate surface area is 93.8 Å². The lowest BCUT2D eigenvalue weighted by atomic mass is 9.79. The average Bonchev–Trinajstić information content (AvgIpc) is 2.16. The van der Waals surface area contributed by atoms with Crippen molar-refractivity contribution in [2.24, 2.45) is 0 Å². The Bertz CT molecular complexity index is 368. The van der Waals surface area contributed by atoms with Crippen LogP contribution in [-0.2, 0) is 0 Å². The molecule has 0 atom stereocenters. The third-order valence-corrected chi connectivity index (χ3v) is 1.92. The largest absolute Gasteiger partial charge is 0.493 e. The van der Waals surface area contributed by atoms with Gasteiger partial charge in [0.1, 0.15) is 5.82 Å². The maximum atomic E-state index is 13.4. The van der Waals surface area contributed by atoms with E-state index in [1.54, 1.807) is 13.8 Å². The Morgan fingerprint density at radius 3 is 2.31 bits per heavy atom. The van der Waals surface area contributed by atoms with Crippen LogP contribution in [0.4, 0.5) is 4.39 Å². The lowest BCUT2D eigenvalue weighted by molar-refractivity contribution is 0.229. The van der Waals surface area contributed by atoms with Gasteiger partial charge in [0.15, 0.2) is 11.5 Å². The number of halogens is 1. The number of hydrogen-bond acceptors (Lipinski definition) is 4. The summed E-state index contributed by atoms with van der Waals surface area (Å²) in [4.78, 5) is 0. The van der Waals surface area contributed by atoms with Crippen molar-refractivity contribution in [1.29, 1.82) is 0 Å². The van der Waals surface area contributed by atoms with Crippen molar-refractivity contribution >= 4 is 12.6 Å². The topological polar surface area (TPSA) is 58.9 Å². The summed E-state index contributed by atoms with van der Waals surface area (Å²) >= 11 is 0. The van der Waals surface area contributed by atoms with E-state index < -0.39 is 12.9 Å². The molecule has 1 rings (SSSR count). The van der Waals surface area contributed by atoms with Crippen LogP contribution in [0.15, 0.2) is 12.1 Å². The molecule has 0 heterocycles. The zero-order chi connectivity index (χ0) is 12.3. The molecule has 0 amide bonds. The first kappa shape index (κ1) is 12.8. The summed E-state index contributed by atoms with van der Waals surface area (Å²) in [6, 6.07) is 2.28. The maximum absolute atomic E-state index is 13.4. The normalized spacial score (nSPS) is 10.4. The van der Waals surface area contributed by atoms with Crippen LogP contribution in [0.1, 0.15) is 13.8 Å². The van der Waals surface area contributed by atoms with Crippen molar-refractivity contribution in [3.05, 3.63) is 17.9 Å². The van der Waals surface area contributed by atoms with Crippen LogP contribution >= 0.6 is 0 Å². The molecule has 2 N–H and O–H groups in total. The van der Waals surface area contributed by atoms with Gasteiger partial charge >= 0.3 is 7.12 Å². The van der Waals surface area contributed by atoms with Crippen LogP contribution in [-0.4, -0.2) is 30.4 Å². The third-order valence-electron chi connectivity index (χ3n) is 1.92. The minimum atomic E-state index is -1.87. The van der Waals surface area contributed by atoms with Crippen molar-refractivity contribution in [3.63, 3.8) is 0 Å². The molecule has 0 saturated carbocycles. The van der Waals surface area contributed by atoms with E-state index in [-0.39, 0.29) is 23.1 Å². The lowest BCUT2D eigenvalue weighted by Crippen LogP contribution is -2.33. The Hall–Kier alpha value is -1.27. The van der Waals surface area contributed by atoms with E-state index in [0.717, 1.165) is 6.07 Å². The minimum absolute atomic E-state index is 0.127. The van der Waals surface area contributed by atoms with Crippen LogP contribution < -0.4 is 14.9 Å². The predicted molar refractivity (Wildman–Crippen MR) is 58.5 cm³/mol. The van der Waals surface area contributed by atoms with Gasteiger partial charge in [-0.2, -0.15) is 0 Å². The SMILES string of the molecule is COc1cc(B(O)O)c(F)cc1OC(C)C. The predicted octanol–water partition coefficient (Wildman–Crippen LogP) is 0.301. The highest BCUT2D eigenvalue weighted by Crippen LogP contribution is 2.27. The fraction of sp³-hybridized carbons (Fsp3) is 0.400. The van der Waals surface area contributed by atoms with Crippen LogP contribution in [0, 0.1) is 5.82 Å². The van der Waals surface area contributed by atoms with E-state index in [2.05, 4.69) is 0 Å². The van der Waals surface area contributed by atoms with Crippen LogP contribution in [0.5, 0.6) is 11.5 Å². The molecule has 0 radical (unpaired) electrons. The van der Waals surface area contributed by atoms with Crippen molar-refractivity contribution in [2.75, 3.05) is 7.11 Å². The smallest absolute Gasteiger partial charge is 0.491 e. The number of methoxy groups -OCH3 is 1. The van der Waals surface area contributed by atoms with E-state index in [1.807, 2.05) is 0 Å². The molecule has 1 aromatic carbocycles. The number of rotatable bonds is 4. The van der Waals surface area contributed by atoms with Crippen LogP contribution in [0.3, 0.4) is 0 Å². The second-order valence-electron chi connectivity index (χ2n) is 3.56. The Balaban J connectivity index is 3.15. The molecule has 0 aliphatic rings. The molecule has 0 unspecified atom stereocenters. The van der Waals surface area contributed by atoms with Gasteiger partial charge in [0.2, 0.25) is 0 Å². The monoisotopic (exact) mass is 228 g/mol. The molecular formula is C10H14BFO4. The van der Waals surface area contributed by atoms with Crippen molar-refractivity contribution in [2.45, 2.75) is 20.0 Å². The highest BCUT2D eigenvalue weighted by molar-refractivity contribution is 6.58. The quantitative estimate of drug-likeness (QED) is 0.727. The molecular weight excluding hydrogens is 214 g/mol. The van der Waals surface area contributed by atoms with Gasteiger partial charge in [0.05, 0.1) is 13.2 Å². The van der Waals surface area contributed by atoms with Gasteiger partial charge < -0.3 is 19.5 Å². The fourth-order valence-corrected chi connectivity index (χ4v) is 1.25. The summed E-state index contributed by atoms with van der Waals surface area (Å²) < 4.78 is 23.7. The zero-order valence-electron chi connectivity index (χ0n) is 9.40. The second kappa shape index (κ2) is 5.18. The summed E-state index contributed by atoms with van der Waals surface area (Å²) in [5, 5.41) is 17.8. The van der Waals surface area contributed by atoms with Crippen molar-refractivity contribution in [1.82, 2.24) is 0 Å².